The molecule has 0 radical (unpaired) electrons. The zero-order valence-electron chi connectivity index (χ0n) is 34.4. The van der Waals surface area contributed by atoms with Gasteiger partial charge in [0.1, 0.15) is 10.4 Å². The molecule has 1 aromatic carbocycles. The van der Waals surface area contributed by atoms with Crippen molar-refractivity contribution in [3.05, 3.63) is 30.3 Å². The largest absolute Gasteiger partial charge is 0.500 e. The lowest BCUT2D eigenvalue weighted by Gasteiger charge is -2.48. The van der Waals surface area contributed by atoms with Gasteiger partial charge in [0.15, 0.2) is 0 Å². The maximum absolute atomic E-state index is 6.01. The Morgan fingerprint density at radius 3 is 1.46 bits per heavy atom. The molecule has 0 aliphatic carbocycles. The highest BCUT2D eigenvalue weighted by molar-refractivity contribution is 6.71. The van der Waals surface area contributed by atoms with Crippen molar-refractivity contribution in [2.75, 3.05) is 87.4 Å². The molecule has 52 heavy (non-hydrogen) atoms. The lowest BCUT2D eigenvalue weighted by Crippen LogP contribution is -2.64. The van der Waals surface area contributed by atoms with E-state index in [4.69, 9.17) is 51.9 Å². The Bertz CT molecular complexity index is 998. The van der Waals surface area contributed by atoms with Crippen molar-refractivity contribution in [3.63, 3.8) is 0 Å². The Morgan fingerprint density at radius 1 is 0.635 bits per heavy atom. The van der Waals surface area contributed by atoms with E-state index in [0.717, 1.165) is 69.6 Å². The Hall–Kier alpha value is -0.769. The SMILES string of the molecule is CCO[Si](CCCN)(OCC)OCC.COC1(CCCN)CCCC[Si]1(OC)OC.COC1(CCCNc2ccccc2)CCCC[Si]1(OC)OC. The molecule has 2 heterocycles. The Balaban J connectivity index is 0.000000404. The van der Waals surface area contributed by atoms with Gasteiger partial charge < -0.3 is 57.2 Å². The predicted molar refractivity (Wildman–Crippen MR) is 218 cm³/mol. The van der Waals surface area contributed by atoms with Gasteiger partial charge >= 0.3 is 25.9 Å². The lowest BCUT2D eigenvalue weighted by atomic mass is 10.1. The third kappa shape index (κ3) is 13.8. The van der Waals surface area contributed by atoms with Crippen molar-refractivity contribution in [1.82, 2.24) is 0 Å². The lowest BCUT2D eigenvalue weighted by molar-refractivity contribution is -0.0153. The molecule has 2 unspecified atom stereocenters. The maximum atomic E-state index is 6.01. The minimum Gasteiger partial charge on any atom is -0.396 e. The smallest absolute Gasteiger partial charge is 0.396 e. The summed E-state index contributed by atoms with van der Waals surface area (Å²) in [5, 5.41) is 3.05. The second-order valence-corrected chi connectivity index (χ2v) is 23.5. The fourth-order valence-electron chi connectivity index (χ4n) is 7.91. The maximum Gasteiger partial charge on any atom is 0.500 e. The van der Waals surface area contributed by atoms with Crippen LogP contribution < -0.4 is 16.8 Å². The number of anilines is 1. The highest BCUT2D eigenvalue weighted by Crippen LogP contribution is 2.43. The van der Waals surface area contributed by atoms with Crippen LogP contribution in [0.5, 0.6) is 0 Å². The van der Waals surface area contributed by atoms with Gasteiger partial charge in [0.25, 0.3) is 0 Å². The van der Waals surface area contributed by atoms with Gasteiger partial charge in [-0.1, -0.05) is 43.9 Å². The van der Waals surface area contributed by atoms with E-state index in [2.05, 4.69) is 17.4 Å². The molecule has 15 heteroatoms. The number of nitrogens with one attached hydrogen (secondary N) is 1. The summed E-state index contributed by atoms with van der Waals surface area (Å²) >= 11 is 0. The Labute approximate surface area is 320 Å². The van der Waals surface area contributed by atoms with Crippen molar-refractivity contribution >= 4 is 31.6 Å². The van der Waals surface area contributed by atoms with Crippen molar-refractivity contribution in [1.29, 1.82) is 0 Å². The molecule has 0 aromatic heterocycles. The predicted octanol–water partition coefficient (Wildman–Crippen LogP) is 6.67. The van der Waals surface area contributed by atoms with E-state index in [1.807, 2.05) is 46.1 Å². The van der Waals surface area contributed by atoms with Crippen molar-refractivity contribution in [2.45, 2.75) is 120 Å². The minimum absolute atomic E-state index is 0.200. The second-order valence-electron chi connectivity index (χ2n) is 13.3. The number of hydrogen-bond acceptors (Lipinski definition) is 12. The van der Waals surface area contributed by atoms with Gasteiger partial charge in [-0.3, -0.25) is 0 Å². The average Bonchev–Trinajstić information content (AvgIpc) is 3.19. The monoisotopic (exact) mass is 791 g/mol. The average molecular weight is 792 g/mol. The van der Waals surface area contributed by atoms with Crippen LogP contribution in [-0.4, -0.2) is 118 Å². The van der Waals surface area contributed by atoms with Crippen LogP contribution in [-0.2, 0) is 40.5 Å². The van der Waals surface area contributed by atoms with E-state index < -0.39 is 25.9 Å². The molecule has 2 fully saturated rings. The molecule has 0 spiro atoms. The third-order valence-corrected chi connectivity index (χ3v) is 22.6. The number of ether oxygens (including phenoxy) is 2. The highest BCUT2D eigenvalue weighted by Gasteiger charge is 2.59. The zero-order valence-corrected chi connectivity index (χ0v) is 37.4. The van der Waals surface area contributed by atoms with E-state index >= 15 is 0 Å². The summed E-state index contributed by atoms with van der Waals surface area (Å²) in [5.74, 6) is 0. The number of nitrogens with two attached hydrogens (primary N) is 2. The highest BCUT2D eigenvalue weighted by atomic mass is 28.4. The van der Waals surface area contributed by atoms with E-state index in [9.17, 15) is 0 Å². The van der Waals surface area contributed by atoms with Gasteiger partial charge in [0.2, 0.25) is 0 Å². The van der Waals surface area contributed by atoms with E-state index in [1.165, 1.54) is 31.4 Å². The molecule has 0 bridgehead atoms. The van der Waals surface area contributed by atoms with E-state index in [0.29, 0.717) is 32.9 Å². The third-order valence-electron chi connectivity index (χ3n) is 10.6. The molecule has 2 aliphatic heterocycles. The molecule has 306 valence electrons. The minimum atomic E-state index is -2.40. The van der Waals surface area contributed by atoms with Crippen molar-refractivity contribution in [3.8, 4) is 0 Å². The Morgan fingerprint density at radius 2 is 1.08 bits per heavy atom. The first-order valence-corrected chi connectivity index (χ1v) is 25.6. The molecule has 2 atom stereocenters. The first-order chi connectivity index (χ1) is 25.2. The van der Waals surface area contributed by atoms with Gasteiger partial charge in [0.05, 0.1) is 0 Å². The van der Waals surface area contributed by atoms with Crippen LogP contribution >= 0.6 is 0 Å². The molecule has 0 saturated carbocycles. The fourth-order valence-corrected chi connectivity index (χ4v) is 18.4. The fraction of sp³-hybridized carbons (Fsp3) is 0.838. The first-order valence-electron chi connectivity index (χ1n) is 19.6. The van der Waals surface area contributed by atoms with Crippen LogP contribution in [0, 0.1) is 0 Å². The number of para-hydroxylation sites is 1. The molecule has 1 aromatic rings. The molecule has 3 rings (SSSR count). The van der Waals surface area contributed by atoms with Crippen LogP contribution in [0.1, 0.15) is 91.4 Å². The van der Waals surface area contributed by atoms with Gasteiger partial charge in [-0.15, -0.1) is 0 Å². The summed E-state index contributed by atoms with van der Waals surface area (Å²) in [6.45, 7) is 10.1. The van der Waals surface area contributed by atoms with Gasteiger partial charge in [-0.05, 0) is 103 Å². The molecule has 12 nitrogen and oxygen atoms in total. The number of benzene rings is 1. The molecule has 5 N–H and O–H groups in total. The van der Waals surface area contributed by atoms with Crippen LogP contribution in [0.4, 0.5) is 5.69 Å². The molecular formula is C37H77N3O9Si3. The summed E-state index contributed by atoms with van der Waals surface area (Å²) in [6.07, 6.45) is 11.7. The zero-order chi connectivity index (χ0) is 38.8. The molecule has 2 saturated heterocycles. The summed E-state index contributed by atoms with van der Waals surface area (Å²) in [6, 6.07) is 13.2. The number of rotatable bonds is 23. The van der Waals surface area contributed by atoms with Gasteiger partial charge in [-0.2, -0.15) is 0 Å². The van der Waals surface area contributed by atoms with Gasteiger partial charge in [0, 0.05) is 80.8 Å². The van der Waals surface area contributed by atoms with Crippen molar-refractivity contribution in [2.24, 2.45) is 11.5 Å². The quantitative estimate of drug-likeness (QED) is 0.0803. The summed E-state index contributed by atoms with van der Waals surface area (Å²) in [5.41, 5.74) is 12.3. The molecule has 0 amide bonds. The summed E-state index contributed by atoms with van der Waals surface area (Å²) < 4.78 is 52.2. The van der Waals surface area contributed by atoms with Crippen LogP contribution in [0.25, 0.3) is 0 Å². The second kappa shape index (κ2) is 26.9. The van der Waals surface area contributed by atoms with Gasteiger partial charge in [-0.25, -0.2) is 0 Å². The van der Waals surface area contributed by atoms with E-state index in [-0.39, 0.29) is 10.4 Å². The van der Waals surface area contributed by atoms with Crippen LogP contribution in [0.2, 0.25) is 18.1 Å². The Kier molecular flexibility index (Phi) is 25.5. The summed E-state index contributed by atoms with van der Waals surface area (Å²) in [4.78, 5) is 0. The normalized spacial score (nSPS) is 22.4. The molecular weight excluding hydrogens is 715 g/mol. The van der Waals surface area contributed by atoms with Crippen LogP contribution in [0.3, 0.4) is 0 Å². The standard InChI is InChI=1S/C17H29NO3Si.C11H25NO3Si.C9H23NO3Si/c1-19-17(12-7-8-15-22(17,20-2)21-3)13-9-14-18-16-10-5-4-6-11-16;1-13-11(8-6-9-12)7-4-5-10-16(11,14-2)15-3;1-4-11-14(12-5-2,13-6-3)9-7-8-10/h4-6,10-11,18H,7-9,12-15H2,1-3H3;4-10,12H2,1-3H3;4-10H2,1-3H3. The number of hydrogen-bond donors (Lipinski definition) is 3. The first kappa shape index (κ1) is 49.3. The van der Waals surface area contributed by atoms with Crippen molar-refractivity contribution < 1.29 is 40.5 Å². The van der Waals surface area contributed by atoms with E-state index in [1.54, 1.807) is 35.5 Å². The number of methoxy groups -OCH3 is 2. The molecule has 2 aliphatic rings. The van der Waals surface area contributed by atoms with Crippen LogP contribution in [0.15, 0.2) is 30.3 Å². The summed E-state index contributed by atoms with van der Waals surface area (Å²) in [7, 11) is 3.78. The topological polar surface area (TPSA) is 147 Å².